The van der Waals surface area contributed by atoms with Crippen molar-refractivity contribution < 1.29 is 9.53 Å². The summed E-state index contributed by atoms with van der Waals surface area (Å²) in [5.74, 6) is 0.317. The summed E-state index contributed by atoms with van der Waals surface area (Å²) in [6.07, 6.45) is 2.31. The van der Waals surface area contributed by atoms with Crippen molar-refractivity contribution in [3.8, 4) is 0 Å². The van der Waals surface area contributed by atoms with Crippen LogP contribution in [-0.2, 0) is 9.53 Å². The Labute approximate surface area is 84.6 Å². The van der Waals surface area contributed by atoms with Gasteiger partial charge in [0.2, 0.25) is 5.91 Å². The summed E-state index contributed by atoms with van der Waals surface area (Å²) in [6.45, 7) is 3.12. The van der Waals surface area contributed by atoms with E-state index in [0.29, 0.717) is 13.2 Å². The van der Waals surface area contributed by atoms with Crippen molar-refractivity contribution >= 4 is 5.91 Å². The van der Waals surface area contributed by atoms with Crippen molar-refractivity contribution in [3.05, 3.63) is 0 Å². The number of hydrogen-bond acceptors (Lipinski definition) is 3. The first-order chi connectivity index (χ1) is 6.83. The standard InChI is InChI=1S/C10H18N2O2/c1-11-9-7-14-6-8(9)10(13)12-4-2-3-5-12/h8-9,11H,2-7H2,1H3. The van der Waals surface area contributed by atoms with Gasteiger partial charge in [-0.1, -0.05) is 0 Å². The SMILES string of the molecule is CNC1COCC1C(=O)N1CCCC1. The first-order valence-electron chi connectivity index (χ1n) is 5.36. The molecule has 0 spiro atoms. The first kappa shape index (κ1) is 9.93. The molecule has 1 amide bonds. The van der Waals surface area contributed by atoms with E-state index < -0.39 is 0 Å². The molecule has 2 heterocycles. The van der Waals surface area contributed by atoms with Crippen LogP contribution in [-0.4, -0.2) is 50.2 Å². The topological polar surface area (TPSA) is 41.6 Å². The van der Waals surface area contributed by atoms with Crippen LogP contribution in [0, 0.1) is 5.92 Å². The van der Waals surface area contributed by atoms with Gasteiger partial charge in [0.05, 0.1) is 19.1 Å². The normalized spacial score (nSPS) is 32.5. The number of amides is 1. The third-order valence-corrected chi connectivity index (χ3v) is 3.19. The molecule has 2 saturated heterocycles. The Morgan fingerprint density at radius 1 is 1.36 bits per heavy atom. The second-order valence-electron chi connectivity index (χ2n) is 4.07. The molecule has 0 bridgehead atoms. The van der Waals surface area contributed by atoms with Crippen molar-refractivity contribution in [1.82, 2.24) is 10.2 Å². The van der Waals surface area contributed by atoms with Crippen LogP contribution in [0.5, 0.6) is 0 Å². The predicted octanol–water partition coefficient (Wildman–Crippen LogP) is -0.157. The summed E-state index contributed by atoms with van der Waals surface area (Å²) >= 11 is 0. The van der Waals surface area contributed by atoms with Gasteiger partial charge >= 0.3 is 0 Å². The highest BCUT2D eigenvalue weighted by molar-refractivity contribution is 5.80. The number of rotatable bonds is 2. The zero-order valence-electron chi connectivity index (χ0n) is 8.66. The number of nitrogens with one attached hydrogen (secondary N) is 1. The zero-order valence-corrected chi connectivity index (χ0v) is 8.66. The molecule has 2 rings (SSSR count). The third-order valence-electron chi connectivity index (χ3n) is 3.19. The van der Waals surface area contributed by atoms with Crippen molar-refractivity contribution in [3.63, 3.8) is 0 Å². The van der Waals surface area contributed by atoms with Crippen molar-refractivity contribution in [2.75, 3.05) is 33.4 Å². The van der Waals surface area contributed by atoms with Crippen LogP contribution in [0.25, 0.3) is 0 Å². The maximum atomic E-state index is 12.0. The van der Waals surface area contributed by atoms with E-state index in [1.807, 2.05) is 11.9 Å². The number of hydrogen-bond donors (Lipinski definition) is 1. The second kappa shape index (κ2) is 4.28. The number of likely N-dealkylation sites (tertiary alicyclic amines) is 1. The lowest BCUT2D eigenvalue weighted by atomic mass is 10.0. The van der Waals surface area contributed by atoms with E-state index in [-0.39, 0.29) is 17.9 Å². The molecule has 80 valence electrons. The predicted molar refractivity (Wildman–Crippen MR) is 53.0 cm³/mol. The molecule has 4 nitrogen and oxygen atoms in total. The van der Waals surface area contributed by atoms with Gasteiger partial charge in [-0.05, 0) is 19.9 Å². The lowest BCUT2D eigenvalue weighted by Gasteiger charge is -2.22. The summed E-state index contributed by atoms with van der Waals surface area (Å²) < 4.78 is 5.33. The minimum Gasteiger partial charge on any atom is -0.379 e. The van der Waals surface area contributed by atoms with E-state index in [2.05, 4.69) is 5.32 Å². The van der Waals surface area contributed by atoms with Crippen LogP contribution >= 0.6 is 0 Å². The number of carbonyl (C=O) groups excluding carboxylic acids is 1. The second-order valence-corrected chi connectivity index (χ2v) is 4.07. The molecule has 0 aromatic rings. The molecule has 0 radical (unpaired) electrons. The Morgan fingerprint density at radius 2 is 2.07 bits per heavy atom. The Kier molecular flexibility index (Phi) is 3.03. The molecule has 0 saturated carbocycles. The van der Waals surface area contributed by atoms with Crippen LogP contribution in [0.4, 0.5) is 0 Å². The fourth-order valence-electron chi connectivity index (χ4n) is 2.25. The lowest BCUT2D eigenvalue weighted by molar-refractivity contribution is -0.134. The first-order valence-corrected chi connectivity index (χ1v) is 5.36. The van der Waals surface area contributed by atoms with Gasteiger partial charge in [0.25, 0.3) is 0 Å². The highest BCUT2D eigenvalue weighted by Crippen LogP contribution is 2.19. The van der Waals surface area contributed by atoms with E-state index in [0.717, 1.165) is 25.9 Å². The van der Waals surface area contributed by atoms with E-state index in [4.69, 9.17) is 4.74 Å². The summed E-state index contributed by atoms with van der Waals surface area (Å²) in [5, 5.41) is 3.15. The van der Waals surface area contributed by atoms with Gasteiger partial charge in [0.15, 0.2) is 0 Å². The number of carbonyl (C=O) groups is 1. The molecule has 0 aromatic carbocycles. The fourth-order valence-corrected chi connectivity index (χ4v) is 2.25. The zero-order chi connectivity index (χ0) is 9.97. The van der Waals surface area contributed by atoms with Crippen LogP contribution in [0.2, 0.25) is 0 Å². The largest absolute Gasteiger partial charge is 0.379 e. The molecule has 1 N–H and O–H groups in total. The highest BCUT2D eigenvalue weighted by atomic mass is 16.5. The summed E-state index contributed by atoms with van der Waals surface area (Å²) in [5.41, 5.74) is 0. The maximum absolute atomic E-state index is 12.0. The van der Waals surface area contributed by atoms with E-state index >= 15 is 0 Å². The summed E-state index contributed by atoms with van der Waals surface area (Å²) in [4.78, 5) is 14.0. The number of likely N-dealkylation sites (N-methyl/N-ethyl adjacent to an activating group) is 1. The van der Waals surface area contributed by atoms with Gasteiger partial charge in [0, 0.05) is 19.1 Å². The average Bonchev–Trinajstić information content (AvgIpc) is 2.87. The Hall–Kier alpha value is -0.610. The maximum Gasteiger partial charge on any atom is 0.229 e. The third kappa shape index (κ3) is 1.77. The Balaban J connectivity index is 1.95. The van der Waals surface area contributed by atoms with Gasteiger partial charge in [-0.15, -0.1) is 0 Å². The highest BCUT2D eigenvalue weighted by Gasteiger charge is 2.36. The Bertz CT molecular complexity index is 214. The van der Waals surface area contributed by atoms with Crippen molar-refractivity contribution in [2.24, 2.45) is 5.92 Å². The van der Waals surface area contributed by atoms with Gasteiger partial charge in [-0.2, -0.15) is 0 Å². The van der Waals surface area contributed by atoms with Gasteiger partial charge in [-0.25, -0.2) is 0 Å². The van der Waals surface area contributed by atoms with Gasteiger partial charge < -0.3 is 15.0 Å². The van der Waals surface area contributed by atoms with E-state index in [9.17, 15) is 4.79 Å². The molecular formula is C10H18N2O2. The molecule has 14 heavy (non-hydrogen) atoms. The smallest absolute Gasteiger partial charge is 0.229 e. The van der Waals surface area contributed by atoms with Crippen LogP contribution in [0.15, 0.2) is 0 Å². The fraction of sp³-hybridized carbons (Fsp3) is 0.900. The van der Waals surface area contributed by atoms with Crippen molar-refractivity contribution in [1.29, 1.82) is 0 Å². The molecule has 0 aliphatic carbocycles. The molecule has 2 fully saturated rings. The Morgan fingerprint density at radius 3 is 2.71 bits per heavy atom. The molecule has 2 aliphatic rings. The van der Waals surface area contributed by atoms with Crippen molar-refractivity contribution in [2.45, 2.75) is 18.9 Å². The molecule has 4 heteroatoms. The molecule has 2 atom stereocenters. The number of nitrogens with zero attached hydrogens (tertiary/aromatic N) is 1. The van der Waals surface area contributed by atoms with E-state index in [1.165, 1.54) is 0 Å². The van der Waals surface area contributed by atoms with Gasteiger partial charge in [0.1, 0.15) is 0 Å². The van der Waals surface area contributed by atoms with Crippen LogP contribution in [0.3, 0.4) is 0 Å². The number of ether oxygens (including phenoxy) is 1. The molecule has 2 unspecified atom stereocenters. The van der Waals surface area contributed by atoms with E-state index in [1.54, 1.807) is 0 Å². The molecule has 0 aromatic heterocycles. The summed E-state index contributed by atoms with van der Waals surface area (Å²) in [6, 6.07) is 0.211. The average molecular weight is 198 g/mol. The molecule has 2 aliphatic heterocycles. The monoisotopic (exact) mass is 198 g/mol. The molecular weight excluding hydrogens is 180 g/mol. The van der Waals surface area contributed by atoms with Gasteiger partial charge in [-0.3, -0.25) is 4.79 Å². The lowest BCUT2D eigenvalue weighted by Crippen LogP contribution is -2.43. The van der Waals surface area contributed by atoms with Crippen LogP contribution in [0.1, 0.15) is 12.8 Å². The minimum absolute atomic E-state index is 0.0399. The van der Waals surface area contributed by atoms with Crippen LogP contribution < -0.4 is 5.32 Å². The minimum atomic E-state index is 0.0399. The summed E-state index contributed by atoms with van der Waals surface area (Å²) in [7, 11) is 1.89. The quantitative estimate of drug-likeness (QED) is 0.670.